The van der Waals surface area contributed by atoms with E-state index < -0.39 is 6.10 Å². The van der Waals surface area contributed by atoms with Crippen LogP contribution < -0.4 is 0 Å². The highest BCUT2D eigenvalue weighted by atomic mass is 35.5. The molecule has 2 atom stereocenters. The summed E-state index contributed by atoms with van der Waals surface area (Å²) in [6, 6.07) is 0. The van der Waals surface area contributed by atoms with Crippen molar-refractivity contribution >= 4 is 11.6 Å². The highest BCUT2D eigenvalue weighted by Gasteiger charge is 2.20. The molecule has 0 aliphatic carbocycles. The Balaban J connectivity index is 2.76. The number of halogens is 1. The molecule has 16 heavy (non-hydrogen) atoms. The summed E-state index contributed by atoms with van der Waals surface area (Å²) >= 11 is 6.11. The molecular weight excluding hydrogens is 224 g/mol. The number of hydrogen-bond acceptors (Lipinski definition) is 2. The largest absolute Gasteiger partial charge is 0.388 e. The van der Waals surface area contributed by atoms with Gasteiger partial charge in [0.25, 0.3) is 0 Å². The second-order valence-electron chi connectivity index (χ2n) is 4.56. The summed E-state index contributed by atoms with van der Waals surface area (Å²) in [5, 5.41) is 14.9. The summed E-state index contributed by atoms with van der Waals surface area (Å²) in [5.41, 5.74) is 1.61. The summed E-state index contributed by atoms with van der Waals surface area (Å²) < 4.78 is 1.61. The van der Waals surface area contributed by atoms with Crippen molar-refractivity contribution in [1.82, 2.24) is 9.78 Å². The maximum absolute atomic E-state index is 10.2. The van der Waals surface area contributed by atoms with Gasteiger partial charge in [0.2, 0.25) is 0 Å². The molecule has 0 radical (unpaired) electrons. The number of aliphatic hydroxyl groups excluding tert-OH is 1. The zero-order valence-electron chi connectivity index (χ0n) is 10.5. The molecule has 0 fully saturated rings. The standard InChI is InChI=1S/C12H21ClN2O/c1-5-6-8(2)7-10(16)11-9(3)14-15(4)12(11)13/h8,10,16H,5-7H2,1-4H3. The van der Waals surface area contributed by atoms with Crippen molar-refractivity contribution in [3.63, 3.8) is 0 Å². The second kappa shape index (κ2) is 5.69. The maximum Gasteiger partial charge on any atom is 0.132 e. The van der Waals surface area contributed by atoms with Crippen molar-refractivity contribution in [3.05, 3.63) is 16.4 Å². The Bertz CT molecular complexity index is 349. The Labute approximate surface area is 102 Å². The van der Waals surface area contributed by atoms with E-state index in [9.17, 15) is 5.11 Å². The van der Waals surface area contributed by atoms with Crippen LogP contribution in [0, 0.1) is 12.8 Å². The molecule has 1 rings (SSSR count). The van der Waals surface area contributed by atoms with E-state index in [4.69, 9.17) is 11.6 Å². The van der Waals surface area contributed by atoms with Crippen molar-refractivity contribution < 1.29 is 5.11 Å². The van der Waals surface area contributed by atoms with Crippen molar-refractivity contribution in [2.24, 2.45) is 13.0 Å². The first-order valence-electron chi connectivity index (χ1n) is 5.84. The Morgan fingerprint density at radius 1 is 1.50 bits per heavy atom. The molecule has 1 N–H and O–H groups in total. The van der Waals surface area contributed by atoms with Gasteiger partial charge in [0.05, 0.1) is 11.8 Å². The van der Waals surface area contributed by atoms with Crippen molar-refractivity contribution in [3.8, 4) is 0 Å². The van der Waals surface area contributed by atoms with E-state index in [1.54, 1.807) is 11.7 Å². The van der Waals surface area contributed by atoms with Gasteiger partial charge in [-0.3, -0.25) is 4.68 Å². The Kier molecular flexibility index (Phi) is 4.81. The molecule has 1 aromatic heterocycles. The number of aliphatic hydroxyl groups is 1. The second-order valence-corrected chi connectivity index (χ2v) is 4.92. The van der Waals surface area contributed by atoms with Gasteiger partial charge in [-0.25, -0.2) is 0 Å². The van der Waals surface area contributed by atoms with Crippen LogP contribution in [0.5, 0.6) is 0 Å². The third-order valence-corrected chi connectivity index (χ3v) is 3.38. The molecule has 1 aromatic rings. The minimum absolute atomic E-state index is 0.497. The highest BCUT2D eigenvalue weighted by Crippen LogP contribution is 2.30. The lowest BCUT2D eigenvalue weighted by atomic mass is 9.95. The Morgan fingerprint density at radius 3 is 2.56 bits per heavy atom. The Morgan fingerprint density at radius 2 is 2.12 bits per heavy atom. The van der Waals surface area contributed by atoms with E-state index in [1.165, 1.54) is 0 Å². The van der Waals surface area contributed by atoms with Crippen molar-refractivity contribution in [1.29, 1.82) is 0 Å². The summed E-state index contributed by atoms with van der Waals surface area (Å²) in [5.74, 6) is 0.510. The van der Waals surface area contributed by atoms with Gasteiger partial charge in [-0.15, -0.1) is 0 Å². The average Bonchev–Trinajstić information content (AvgIpc) is 2.41. The van der Waals surface area contributed by atoms with Crippen LogP contribution in [-0.2, 0) is 7.05 Å². The fourth-order valence-electron chi connectivity index (χ4n) is 2.13. The van der Waals surface area contributed by atoms with Crippen LogP contribution in [-0.4, -0.2) is 14.9 Å². The van der Waals surface area contributed by atoms with Crippen molar-refractivity contribution in [2.45, 2.75) is 46.1 Å². The molecule has 0 aliphatic heterocycles. The molecule has 0 spiro atoms. The third kappa shape index (κ3) is 2.98. The van der Waals surface area contributed by atoms with Gasteiger partial charge in [-0.05, 0) is 19.3 Å². The number of aryl methyl sites for hydroxylation is 2. The zero-order chi connectivity index (χ0) is 12.3. The molecule has 3 nitrogen and oxygen atoms in total. The minimum atomic E-state index is -0.497. The van der Waals surface area contributed by atoms with Crippen LogP contribution in [0.2, 0.25) is 5.15 Å². The SMILES string of the molecule is CCCC(C)CC(O)c1c(C)nn(C)c1Cl. The fourth-order valence-corrected chi connectivity index (χ4v) is 2.44. The third-order valence-electron chi connectivity index (χ3n) is 2.94. The molecule has 0 amide bonds. The quantitative estimate of drug-likeness (QED) is 0.864. The first-order chi connectivity index (χ1) is 7.47. The summed E-state index contributed by atoms with van der Waals surface area (Å²) in [6.07, 6.45) is 2.53. The van der Waals surface area contributed by atoms with E-state index >= 15 is 0 Å². The van der Waals surface area contributed by atoms with Gasteiger partial charge in [-0.2, -0.15) is 5.10 Å². The molecule has 1 heterocycles. The lowest BCUT2D eigenvalue weighted by Crippen LogP contribution is -2.05. The van der Waals surface area contributed by atoms with E-state index in [0.717, 1.165) is 30.5 Å². The van der Waals surface area contributed by atoms with Crippen LogP contribution in [0.1, 0.15) is 50.5 Å². The number of nitrogens with zero attached hydrogens (tertiary/aromatic N) is 2. The molecule has 0 aromatic carbocycles. The molecular formula is C12H21ClN2O. The topological polar surface area (TPSA) is 38.1 Å². The zero-order valence-corrected chi connectivity index (χ0v) is 11.3. The number of hydrogen-bond donors (Lipinski definition) is 1. The van der Waals surface area contributed by atoms with Crippen LogP contribution in [0.4, 0.5) is 0 Å². The Hall–Kier alpha value is -0.540. The minimum Gasteiger partial charge on any atom is -0.388 e. The lowest BCUT2D eigenvalue weighted by molar-refractivity contribution is 0.144. The first kappa shape index (κ1) is 13.5. The highest BCUT2D eigenvalue weighted by molar-refractivity contribution is 6.30. The summed E-state index contributed by atoms with van der Waals surface area (Å²) in [7, 11) is 1.79. The van der Waals surface area contributed by atoms with Crippen LogP contribution >= 0.6 is 11.6 Å². The molecule has 0 saturated heterocycles. The van der Waals surface area contributed by atoms with Gasteiger partial charge >= 0.3 is 0 Å². The molecule has 0 bridgehead atoms. The molecule has 0 aliphatic rings. The van der Waals surface area contributed by atoms with Gasteiger partial charge in [0.1, 0.15) is 5.15 Å². The fraction of sp³-hybridized carbons (Fsp3) is 0.750. The first-order valence-corrected chi connectivity index (χ1v) is 6.22. The van der Waals surface area contributed by atoms with Crippen molar-refractivity contribution in [2.75, 3.05) is 0 Å². The van der Waals surface area contributed by atoms with Gasteiger partial charge < -0.3 is 5.11 Å². The van der Waals surface area contributed by atoms with E-state index in [-0.39, 0.29) is 0 Å². The normalized spacial score (nSPS) is 15.1. The van der Waals surface area contributed by atoms with E-state index in [0.29, 0.717) is 11.1 Å². The van der Waals surface area contributed by atoms with E-state index in [1.807, 2.05) is 6.92 Å². The smallest absolute Gasteiger partial charge is 0.132 e. The molecule has 92 valence electrons. The van der Waals surface area contributed by atoms with Gasteiger partial charge in [-0.1, -0.05) is 38.3 Å². The number of aromatic nitrogens is 2. The summed E-state index contributed by atoms with van der Waals surface area (Å²) in [6.45, 7) is 6.20. The predicted molar refractivity (Wildman–Crippen MR) is 66.6 cm³/mol. The summed E-state index contributed by atoms with van der Waals surface area (Å²) in [4.78, 5) is 0. The predicted octanol–water partition coefficient (Wildman–Crippen LogP) is 3.24. The molecule has 2 unspecified atom stereocenters. The number of rotatable bonds is 5. The lowest BCUT2D eigenvalue weighted by Gasteiger charge is -2.15. The van der Waals surface area contributed by atoms with Crippen LogP contribution in [0.3, 0.4) is 0 Å². The molecule has 4 heteroatoms. The van der Waals surface area contributed by atoms with E-state index in [2.05, 4.69) is 18.9 Å². The monoisotopic (exact) mass is 244 g/mol. The van der Waals surface area contributed by atoms with Crippen LogP contribution in [0.15, 0.2) is 0 Å². The van der Waals surface area contributed by atoms with Crippen LogP contribution in [0.25, 0.3) is 0 Å². The molecule has 0 saturated carbocycles. The van der Waals surface area contributed by atoms with Gasteiger partial charge in [0, 0.05) is 12.6 Å². The van der Waals surface area contributed by atoms with Gasteiger partial charge in [0.15, 0.2) is 0 Å². The maximum atomic E-state index is 10.2. The average molecular weight is 245 g/mol.